The molecule has 0 heterocycles. The molecule has 112 valence electrons. The van der Waals surface area contributed by atoms with Crippen molar-refractivity contribution in [3.63, 3.8) is 0 Å². The van der Waals surface area contributed by atoms with E-state index in [0.29, 0.717) is 18.2 Å². The first-order valence-corrected chi connectivity index (χ1v) is 8.63. The molecule has 1 atom stereocenters. The second kappa shape index (κ2) is 7.19. The predicted octanol–water partition coefficient (Wildman–Crippen LogP) is 2.34. The van der Waals surface area contributed by atoms with Crippen LogP contribution in [0.3, 0.4) is 0 Å². The van der Waals surface area contributed by atoms with Crippen LogP contribution < -0.4 is 10.0 Å². The van der Waals surface area contributed by atoms with E-state index in [1.54, 1.807) is 12.1 Å². The van der Waals surface area contributed by atoms with E-state index in [9.17, 15) is 13.2 Å². The zero-order chi connectivity index (χ0) is 15.3. The molecule has 0 bridgehead atoms. The van der Waals surface area contributed by atoms with Crippen molar-refractivity contribution in [2.75, 3.05) is 11.9 Å². The molecule has 0 aliphatic rings. The van der Waals surface area contributed by atoms with E-state index < -0.39 is 10.0 Å². The molecule has 0 aliphatic heterocycles. The maximum atomic E-state index is 12.1. The third kappa shape index (κ3) is 5.22. The summed E-state index contributed by atoms with van der Waals surface area (Å²) in [6, 6.07) is 6.05. The maximum Gasteiger partial charge on any atom is 0.240 e. The average molecular weight is 363 g/mol. The molecule has 1 aromatic rings. The Morgan fingerprint density at radius 3 is 2.25 bits per heavy atom. The molecule has 0 radical (unpaired) electrons. The third-order valence-corrected chi connectivity index (χ3v) is 5.50. The summed E-state index contributed by atoms with van der Waals surface area (Å²) in [5.41, 5.74) is 0.567. The number of rotatable bonds is 6. The van der Waals surface area contributed by atoms with Gasteiger partial charge in [0.2, 0.25) is 15.9 Å². The molecule has 0 aliphatic carbocycles. The highest BCUT2D eigenvalue weighted by molar-refractivity contribution is 9.09. The van der Waals surface area contributed by atoms with Gasteiger partial charge < -0.3 is 5.32 Å². The topological polar surface area (TPSA) is 75.3 Å². The lowest BCUT2D eigenvalue weighted by atomic mass is 10.1. The molecule has 0 saturated carbocycles. The van der Waals surface area contributed by atoms with Crippen LogP contribution in [0.5, 0.6) is 0 Å². The Morgan fingerprint density at radius 1 is 1.25 bits per heavy atom. The normalized spacial score (nSPS) is 13.2. The molecule has 2 N–H and O–H groups in total. The number of halogens is 1. The smallest absolute Gasteiger partial charge is 0.240 e. The van der Waals surface area contributed by atoms with Crippen LogP contribution in [0.4, 0.5) is 5.69 Å². The van der Waals surface area contributed by atoms with Crippen molar-refractivity contribution < 1.29 is 13.2 Å². The van der Waals surface area contributed by atoms with E-state index in [1.165, 1.54) is 19.1 Å². The lowest BCUT2D eigenvalue weighted by Gasteiger charge is -2.14. The Labute approximate surface area is 128 Å². The summed E-state index contributed by atoms with van der Waals surface area (Å²) in [5, 5.41) is 2.59. The zero-order valence-corrected chi connectivity index (χ0v) is 14.1. The van der Waals surface area contributed by atoms with E-state index in [1.807, 2.05) is 13.8 Å². The number of alkyl halides is 1. The summed E-state index contributed by atoms with van der Waals surface area (Å²) >= 11 is 3.43. The van der Waals surface area contributed by atoms with E-state index in [4.69, 9.17) is 0 Å². The van der Waals surface area contributed by atoms with Crippen molar-refractivity contribution in [1.82, 2.24) is 4.72 Å². The summed E-state index contributed by atoms with van der Waals surface area (Å²) in [7, 11) is -3.53. The molecule has 0 spiro atoms. The van der Waals surface area contributed by atoms with E-state index in [0.717, 1.165) is 0 Å². The number of benzene rings is 1. The minimum atomic E-state index is -3.53. The van der Waals surface area contributed by atoms with Gasteiger partial charge in [0.05, 0.1) is 4.90 Å². The first-order chi connectivity index (χ1) is 9.22. The number of carbonyl (C=O) groups is 1. The lowest BCUT2D eigenvalue weighted by molar-refractivity contribution is -0.114. The van der Waals surface area contributed by atoms with Crippen molar-refractivity contribution in [2.24, 2.45) is 5.92 Å². The van der Waals surface area contributed by atoms with Crippen molar-refractivity contribution in [3.8, 4) is 0 Å². The number of sulfonamides is 1. The van der Waals surface area contributed by atoms with Crippen LogP contribution in [0, 0.1) is 5.92 Å². The van der Waals surface area contributed by atoms with Gasteiger partial charge in [-0.15, -0.1) is 0 Å². The van der Waals surface area contributed by atoms with Crippen LogP contribution in [-0.4, -0.2) is 25.7 Å². The molecular formula is C13H19BrN2O3S. The van der Waals surface area contributed by atoms with Gasteiger partial charge >= 0.3 is 0 Å². The van der Waals surface area contributed by atoms with Gasteiger partial charge in [-0.25, -0.2) is 13.1 Å². The Balaban J connectivity index is 2.75. The molecule has 5 nitrogen and oxygen atoms in total. The maximum absolute atomic E-state index is 12.1. The number of amides is 1. The summed E-state index contributed by atoms with van der Waals surface area (Å²) in [6.07, 6.45) is 0. The van der Waals surface area contributed by atoms with Crippen molar-refractivity contribution in [2.45, 2.75) is 30.5 Å². The number of nitrogens with one attached hydrogen (secondary N) is 2. The largest absolute Gasteiger partial charge is 0.326 e. The van der Waals surface area contributed by atoms with Gasteiger partial charge in [0.15, 0.2) is 0 Å². The second-order valence-corrected chi connectivity index (χ2v) is 7.76. The van der Waals surface area contributed by atoms with Crippen molar-refractivity contribution in [1.29, 1.82) is 0 Å². The summed E-state index contributed by atoms with van der Waals surface area (Å²) in [4.78, 5) is 11.1. The molecule has 0 fully saturated rings. The van der Waals surface area contributed by atoms with Crippen LogP contribution >= 0.6 is 15.9 Å². The van der Waals surface area contributed by atoms with Gasteiger partial charge in [0, 0.05) is 24.0 Å². The summed E-state index contributed by atoms with van der Waals surface area (Å²) in [6.45, 7) is 5.74. The molecular weight excluding hydrogens is 344 g/mol. The number of hydrogen-bond donors (Lipinski definition) is 2. The fourth-order valence-electron chi connectivity index (χ4n) is 1.43. The Kier molecular flexibility index (Phi) is 6.16. The molecule has 1 aromatic carbocycles. The van der Waals surface area contributed by atoms with Crippen LogP contribution in [0.2, 0.25) is 0 Å². The monoisotopic (exact) mass is 362 g/mol. The first kappa shape index (κ1) is 17.1. The highest BCUT2D eigenvalue weighted by Crippen LogP contribution is 2.15. The minimum Gasteiger partial charge on any atom is -0.326 e. The van der Waals surface area contributed by atoms with Gasteiger partial charge in [0.25, 0.3) is 0 Å². The summed E-state index contributed by atoms with van der Waals surface area (Å²) < 4.78 is 26.7. The Hall–Kier alpha value is -0.920. The van der Waals surface area contributed by atoms with Gasteiger partial charge in [-0.3, -0.25) is 4.79 Å². The molecule has 7 heteroatoms. The number of anilines is 1. The first-order valence-electron chi connectivity index (χ1n) is 6.24. The predicted molar refractivity (Wildman–Crippen MR) is 83.5 cm³/mol. The molecule has 0 aromatic heterocycles. The Bertz CT molecular complexity index is 555. The molecule has 0 saturated heterocycles. The Morgan fingerprint density at radius 2 is 1.80 bits per heavy atom. The van der Waals surface area contributed by atoms with Crippen molar-refractivity contribution in [3.05, 3.63) is 24.3 Å². The van der Waals surface area contributed by atoms with Gasteiger partial charge in [-0.1, -0.05) is 29.8 Å². The average Bonchev–Trinajstić information content (AvgIpc) is 2.35. The highest BCUT2D eigenvalue weighted by atomic mass is 79.9. The van der Waals surface area contributed by atoms with Gasteiger partial charge in [-0.2, -0.15) is 0 Å². The SMILES string of the molecule is CC(=O)Nc1ccc(S(=O)(=O)NCC(Br)C(C)C)cc1. The molecule has 1 amide bonds. The fraction of sp³-hybridized carbons (Fsp3) is 0.462. The third-order valence-electron chi connectivity index (χ3n) is 2.68. The van der Waals surface area contributed by atoms with Crippen LogP contribution in [-0.2, 0) is 14.8 Å². The van der Waals surface area contributed by atoms with Crippen molar-refractivity contribution >= 4 is 37.5 Å². The van der Waals surface area contributed by atoms with Gasteiger partial charge in [-0.05, 0) is 30.2 Å². The molecule has 1 unspecified atom stereocenters. The number of hydrogen-bond acceptors (Lipinski definition) is 3. The van der Waals surface area contributed by atoms with E-state index in [-0.39, 0.29) is 15.6 Å². The zero-order valence-electron chi connectivity index (χ0n) is 11.7. The van der Waals surface area contributed by atoms with Gasteiger partial charge in [0.1, 0.15) is 0 Å². The minimum absolute atomic E-state index is 0.0796. The lowest BCUT2D eigenvalue weighted by Crippen LogP contribution is -2.31. The van der Waals surface area contributed by atoms with Crippen LogP contribution in [0.25, 0.3) is 0 Å². The summed E-state index contributed by atoms with van der Waals surface area (Å²) in [5.74, 6) is 0.137. The van der Waals surface area contributed by atoms with Crippen LogP contribution in [0.15, 0.2) is 29.2 Å². The number of carbonyl (C=O) groups excluding carboxylic acids is 1. The standard InChI is InChI=1S/C13H19BrN2O3S/c1-9(2)13(14)8-15-20(18,19)12-6-4-11(5-7-12)16-10(3)17/h4-7,9,13,15H,8H2,1-3H3,(H,16,17). The highest BCUT2D eigenvalue weighted by Gasteiger charge is 2.17. The molecule has 1 rings (SSSR count). The second-order valence-electron chi connectivity index (χ2n) is 4.82. The van der Waals surface area contributed by atoms with Crippen LogP contribution in [0.1, 0.15) is 20.8 Å². The van der Waals surface area contributed by atoms with E-state index >= 15 is 0 Å². The quantitative estimate of drug-likeness (QED) is 0.762. The van der Waals surface area contributed by atoms with E-state index in [2.05, 4.69) is 26.0 Å². The molecule has 20 heavy (non-hydrogen) atoms. The fourth-order valence-corrected chi connectivity index (χ4v) is 2.87.